The van der Waals surface area contributed by atoms with E-state index < -0.39 is 26.6 Å². The molecule has 1 unspecified atom stereocenters. The second-order valence-corrected chi connectivity index (χ2v) is 8.30. The molecular weight excluding hydrogens is 360 g/mol. The molecular formula is C19H21F2NO3S. The summed E-state index contributed by atoms with van der Waals surface area (Å²) in [7, 11) is -4.21. The number of benzene rings is 2. The first-order valence-corrected chi connectivity index (χ1v) is 9.98. The van der Waals surface area contributed by atoms with Crippen molar-refractivity contribution < 1.29 is 21.9 Å². The van der Waals surface area contributed by atoms with E-state index in [1.54, 1.807) is 0 Å². The lowest BCUT2D eigenvalue weighted by molar-refractivity contribution is 0.0671. The van der Waals surface area contributed by atoms with Gasteiger partial charge in [-0.15, -0.1) is 0 Å². The van der Waals surface area contributed by atoms with Gasteiger partial charge in [0.25, 0.3) is 0 Å². The van der Waals surface area contributed by atoms with Crippen LogP contribution in [0.3, 0.4) is 0 Å². The van der Waals surface area contributed by atoms with Crippen molar-refractivity contribution in [2.75, 3.05) is 19.7 Å². The fraction of sp³-hybridized carbons (Fsp3) is 0.368. The second kappa shape index (κ2) is 8.24. The number of hydrogen-bond donors (Lipinski definition) is 0. The molecule has 1 saturated heterocycles. The largest absolute Gasteiger partial charge is 0.376 e. The van der Waals surface area contributed by atoms with Gasteiger partial charge in [-0.25, -0.2) is 17.2 Å². The van der Waals surface area contributed by atoms with Crippen LogP contribution in [0.4, 0.5) is 8.78 Å². The summed E-state index contributed by atoms with van der Waals surface area (Å²) in [4.78, 5) is -0.870. The zero-order valence-corrected chi connectivity index (χ0v) is 15.1. The third-order valence-electron chi connectivity index (χ3n) is 4.46. The minimum Gasteiger partial charge on any atom is -0.376 e. The highest BCUT2D eigenvalue weighted by Crippen LogP contribution is 2.27. The van der Waals surface area contributed by atoms with Crippen molar-refractivity contribution >= 4 is 10.0 Å². The third-order valence-corrected chi connectivity index (χ3v) is 6.38. The smallest absolute Gasteiger partial charge is 0.248 e. The number of ether oxygens (including phenoxy) is 1. The summed E-state index contributed by atoms with van der Waals surface area (Å²) in [6.45, 7) is 1.31. The molecule has 2 aromatic carbocycles. The molecule has 1 aliphatic rings. The molecule has 0 aromatic heterocycles. The van der Waals surface area contributed by atoms with Gasteiger partial charge in [-0.2, -0.15) is 4.31 Å². The number of piperidine rings is 1. The molecule has 1 fully saturated rings. The van der Waals surface area contributed by atoms with E-state index in [1.165, 1.54) is 0 Å². The average Bonchev–Trinajstić information content (AvgIpc) is 2.62. The van der Waals surface area contributed by atoms with E-state index in [9.17, 15) is 17.2 Å². The molecule has 7 heteroatoms. The van der Waals surface area contributed by atoms with Gasteiger partial charge in [0.05, 0.1) is 13.2 Å². The van der Waals surface area contributed by atoms with Gasteiger partial charge in [0.2, 0.25) is 10.0 Å². The normalized spacial score (nSPS) is 18.8. The fourth-order valence-corrected chi connectivity index (χ4v) is 4.82. The topological polar surface area (TPSA) is 46.6 Å². The molecule has 4 nitrogen and oxygen atoms in total. The maximum Gasteiger partial charge on any atom is 0.248 e. The van der Waals surface area contributed by atoms with Gasteiger partial charge in [-0.1, -0.05) is 36.4 Å². The monoisotopic (exact) mass is 381 g/mol. The first-order valence-electron chi connectivity index (χ1n) is 8.54. The molecule has 0 amide bonds. The van der Waals surface area contributed by atoms with Gasteiger partial charge in [0, 0.05) is 13.1 Å². The van der Waals surface area contributed by atoms with Gasteiger partial charge in [0.15, 0.2) is 4.90 Å². The maximum atomic E-state index is 13.9. The van der Waals surface area contributed by atoms with E-state index >= 15 is 0 Å². The molecule has 26 heavy (non-hydrogen) atoms. The first kappa shape index (κ1) is 18.9. The Bertz CT molecular complexity index is 823. The van der Waals surface area contributed by atoms with Gasteiger partial charge >= 0.3 is 0 Å². The third kappa shape index (κ3) is 4.28. The van der Waals surface area contributed by atoms with Gasteiger partial charge in [-0.05, 0) is 36.5 Å². The Morgan fingerprint density at radius 3 is 2.42 bits per heavy atom. The number of sulfonamides is 1. The minimum absolute atomic E-state index is 0.00271. The van der Waals surface area contributed by atoms with Gasteiger partial charge < -0.3 is 4.74 Å². The summed E-state index contributed by atoms with van der Waals surface area (Å²) in [6.07, 6.45) is 1.45. The van der Waals surface area contributed by atoms with Crippen LogP contribution < -0.4 is 0 Å². The zero-order chi connectivity index (χ0) is 18.6. The van der Waals surface area contributed by atoms with E-state index in [-0.39, 0.29) is 19.0 Å². The Morgan fingerprint density at radius 2 is 1.73 bits per heavy atom. The van der Waals surface area contributed by atoms with Crippen LogP contribution >= 0.6 is 0 Å². The lowest BCUT2D eigenvalue weighted by atomic mass is 10.0. The van der Waals surface area contributed by atoms with Crippen LogP contribution in [0.15, 0.2) is 53.4 Å². The van der Waals surface area contributed by atoms with Crippen LogP contribution in [0.5, 0.6) is 0 Å². The Kier molecular flexibility index (Phi) is 6.01. The number of rotatable bonds is 6. The standard InChI is InChI=1S/C19H21F2NO3S/c20-17-9-4-10-18(21)19(17)26(23,24)22-11-5-8-16(12-22)14-25-13-15-6-2-1-3-7-15/h1-4,6-7,9-10,16H,5,8,11-14H2. The SMILES string of the molecule is O=S(=O)(c1c(F)cccc1F)N1CCCC(COCc2ccccc2)C1. The molecule has 1 atom stereocenters. The molecule has 0 bridgehead atoms. The number of hydrogen-bond acceptors (Lipinski definition) is 3. The van der Waals surface area contributed by atoms with Crippen LogP contribution in [0.1, 0.15) is 18.4 Å². The number of halogens is 2. The van der Waals surface area contributed by atoms with Crippen LogP contribution in [-0.2, 0) is 21.4 Å². The quantitative estimate of drug-likeness (QED) is 0.768. The van der Waals surface area contributed by atoms with Crippen LogP contribution in [0.25, 0.3) is 0 Å². The van der Waals surface area contributed by atoms with Crippen molar-refractivity contribution in [3.8, 4) is 0 Å². The Morgan fingerprint density at radius 1 is 1.04 bits per heavy atom. The zero-order valence-electron chi connectivity index (χ0n) is 14.3. The molecule has 0 aliphatic carbocycles. The summed E-state index contributed by atoms with van der Waals surface area (Å²) in [6, 6.07) is 12.8. The molecule has 1 heterocycles. The second-order valence-electron chi connectivity index (χ2n) is 6.42. The fourth-order valence-electron chi connectivity index (χ4n) is 3.16. The Hall–Kier alpha value is -1.83. The highest BCUT2D eigenvalue weighted by molar-refractivity contribution is 7.89. The van der Waals surface area contributed by atoms with Crippen molar-refractivity contribution in [2.24, 2.45) is 5.92 Å². The summed E-state index contributed by atoms with van der Waals surface area (Å²) in [5, 5.41) is 0. The van der Waals surface area contributed by atoms with E-state index in [4.69, 9.17) is 4.74 Å². The number of nitrogens with zero attached hydrogens (tertiary/aromatic N) is 1. The molecule has 0 N–H and O–H groups in total. The van der Waals surface area contributed by atoms with Gasteiger partial charge in [-0.3, -0.25) is 0 Å². The van der Waals surface area contributed by atoms with E-state index in [2.05, 4.69) is 0 Å². The summed E-state index contributed by atoms with van der Waals surface area (Å²) in [5.74, 6) is -2.13. The van der Waals surface area contributed by atoms with Crippen LogP contribution in [0, 0.1) is 17.6 Å². The molecule has 3 rings (SSSR count). The summed E-state index contributed by atoms with van der Waals surface area (Å²) < 4.78 is 60.1. The predicted octanol–water partition coefficient (Wildman–Crippen LogP) is 3.58. The Labute approximate surface area is 152 Å². The van der Waals surface area contributed by atoms with Crippen molar-refractivity contribution in [3.63, 3.8) is 0 Å². The molecule has 0 spiro atoms. The van der Waals surface area contributed by atoms with Crippen LogP contribution in [-0.4, -0.2) is 32.4 Å². The molecule has 1 aliphatic heterocycles. The van der Waals surface area contributed by atoms with E-state index in [0.717, 1.165) is 34.5 Å². The molecule has 140 valence electrons. The molecule has 0 saturated carbocycles. The van der Waals surface area contributed by atoms with E-state index in [1.807, 2.05) is 30.3 Å². The average molecular weight is 381 g/mol. The maximum absolute atomic E-state index is 13.9. The van der Waals surface area contributed by atoms with E-state index in [0.29, 0.717) is 19.6 Å². The Balaban J connectivity index is 1.64. The molecule has 0 radical (unpaired) electrons. The van der Waals surface area contributed by atoms with Gasteiger partial charge in [0.1, 0.15) is 11.6 Å². The predicted molar refractivity (Wildman–Crippen MR) is 93.9 cm³/mol. The lowest BCUT2D eigenvalue weighted by Crippen LogP contribution is -2.41. The minimum atomic E-state index is -4.21. The van der Waals surface area contributed by atoms with Crippen molar-refractivity contribution in [1.29, 1.82) is 0 Å². The highest BCUT2D eigenvalue weighted by atomic mass is 32.2. The van der Waals surface area contributed by atoms with Crippen molar-refractivity contribution in [2.45, 2.75) is 24.3 Å². The first-order chi connectivity index (χ1) is 12.5. The van der Waals surface area contributed by atoms with Crippen LogP contribution in [0.2, 0.25) is 0 Å². The lowest BCUT2D eigenvalue weighted by Gasteiger charge is -2.32. The highest BCUT2D eigenvalue weighted by Gasteiger charge is 2.34. The van der Waals surface area contributed by atoms with Crippen molar-refractivity contribution in [1.82, 2.24) is 4.31 Å². The molecule has 2 aromatic rings. The summed E-state index contributed by atoms with van der Waals surface area (Å²) >= 11 is 0. The van der Waals surface area contributed by atoms with Crippen molar-refractivity contribution in [3.05, 3.63) is 65.7 Å². The summed E-state index contributed by atoms with van der Waals surface area (Å²) in [5.41, 5.74) is 1.04.